The third-order valence-electron chi connectivity index (χ3n) is 13.4. The Morgan fingerprint density at radius 1 is 0.506 bits per heavy atom. The Hall–Kier alpha value is -9.38. The summed E-state index contributed by atoms with van der Waals surface area (Å²) < 4.78 is 42.1. The molecule has 2 aromatic carbocycles. The highest BCUT2D eigenvalue weighted by Crippen LogP contribution is 2.58. The zero-order valence-corrected chi connectivity index (χ0v) is 43.0. The maximum Gasteiger partial charge on any atom is 0.412 e. The van der Waals surface area contributed by atoms with Crippen molar-refractivity contribution >= 4 is 88.4 Å². The van der Waals surface area contributed by atoms with Gasteiger partial charge in [0.2, 0.25) is 29.2 Å². The minimum Gasteiger partial charge on any atom is -0.459 e. The predicted octanol–water partition coefficient (Wildman–Crippen LogP) is 3.56. The molecule has 0 aromatic heterocycles. The molecule has 2 aliphatic heterocycles. The molecule has 2 saturated heterocycles. The summed E-state index contributed by atoms with van der Waals surface area (Å²) in [5.41, 5.74) is -2.23. The first kappa shape index (κ1) is 58.9. The van der Waals surface area contributed by atoms with Gasteiger partial charge in [-0.3, -0.25) is 39.1 Å². The van der Waals surface area contributed by atoms with E-state index in [9.17, 15) is 57.5 Å². The van der Waals surface area contributed by atoms with Gasteiger partial charge < -0.3 is 37.9 Å². The minimum atomic E-state index is -2.10. The molecule has 79 heavy (non-hydrogen) atoms. The van der Waals surface area contributed by atoms with Gasteiger partial charge in [0.15, 0.2) is 11.4 Å². The molecule has 1 N–H and O–H groups in total. The smallest absolute Gasteiger partial charge is 0.412 e. The van der Waals surface area contributed by atoms with Crippen molar-refractivity contribution in [3.05, 3.63) is 141 Å². The number of anilines is 3. The number of benzene rings is 2. The molecule has 2 bridgehead atoms. The Morgan fingerprint density at radius 2 is 0.848 bits per heavy atom. The quantitative estimate of drug-likeness (QED) is 0.0440. The Labute approximate surface area is 452 Å². The van der Waals surface area contributed by atoms with Crippen LogP contribution < -0.4 is 15.1 Å². The number of nitrogens with zero attached hydrogens (tertiary/aromatic N) is 2. The van der Waals surface area contributed by atoms with E-state index in [1.807, 2.05) is 0 Å². The van der Waals surface area contributed by atoms with Gasteiger partial charge in [0.1, 0.15) is 46.2 Å². The van der Waals surface area contributed by atoms with Gasteiger partial charge in [0, 0.05) is 60.4 Å². The normalized spacial score (nSPS) is 19.7. The summed E-state index contributed by atoms with van der Waals surface area (Å²) in [4.78, 5) is 159. The van der Waals surface area contributed by atoms with E-state index in [-0.39, 0.29) is 23.5 Å². The molecular formula is C56H55N3O20. The molecule has 6 atom stereocenters. The van der Waals surface area contributed by atoms with Crippen molar-refractivity contribution in [2.24, 2.45) is 35.5 Å². The predicted molar refractivity (Wildman–Crippen MR) is 275 cm³/mol. The number of nitrogens with one attached hydrogen (secondary N) is 1. The lowest BCUT2D eigenvalue weighted by Gasteiger charge is -2.44. The summed E-state index contributed by atoms with van der Waals surface area (Å²) in [5.74, 6) is -14.1. The van der Waals surface area contributed by atoms with E-state index < -0.39 is 164 Å². The number of ketones is 1. The summed E-state index contributed by atoms with van der Waals surface area (Å²) in [6.07, 6.45) is 7.00. The summed E-state index contributed by atoms with van der Waals surface area (Å²) in [7, 11) is 0. The van der Waals surface area contributed by atoms with Gasteiger partial charge >= 0.3 is 41.9 Å². The van der Waals surface area contributed by atoms with Gasteiger partial charge in [0.05, 0.1) is 35.0 Å². The van der Waals surface area contributed by atoms with E-state index in [2.05, 4.69) is 44.8 Å². The Kier molecular flexibility index (Phi) is 18.8. The molecule has 23 nitrogen and oxygen atoms in total. The Balaban J connectivity index is 1.15. The first-order valence-corrected chi connectivity index (χ1v) is 24.1. The zero-order chi connectivity index (χ0) is 57.9. The van der Waals surface area contributed by atoms with Crippen LogP contribution in [0.25, 0.3) is 0 Å². The number of hydrogen-bond donors (Lipinski definition) is 1. The van der Waals surface area contributed by atoms with E-state index in [1.54, 1.807) is 38.1 Å². The van der Waals surface area contributed by atoms with E-state index in [0.717, 1.165) is 46.3 Å². The lowest BCUT2D eigenvalue weighted by molar-refractivity contribution is -0.183. The maximum atomic E-state index is 14.4. The minimum absolute atomic E-state index is 0.114. The SMILES string of the molecule is C=CC(=O)OCC(COC(=O)C=C)(COC(=O)C=C)OCC(=O)Cc1ccc(N2C(=O)C3C4C=CC(C3C2=O)C2C(=O)N(c3ccc(NC(=O)OC(COC(=O)C=C)(COC(=O)C=C)COC(=O)C=C)c(C)c3)C(=O)C42)cc1C. The zero-order valence-electron chi connectivity index (χ0n) is 43.0. The van der Waals surface area contributed by atoms with Crippen molar-refractivity contribution in [1.82, 2.24) is 0 Å². The molecule has 414 valence electrons. The van der Waals surface area contributed by atoms with Crippen LogP contribution in [0.2, 0.25) is 0 Å². The number of allylic oxidation sites excluding steroid dienone is 2. The number of aryl methyl sites for hydroxylation is 2. The van der Waals surface area contributed by atoms with Crippen LogP contribution in [-0.2, 0) is 97.1 Å². The molecule has 5 aliphatic rings. The second kappa shape index (κ2) is 25.2. The number of hydrogen-bond acceptors (Lipinski definition) is 20. The summed E-state index contributed by atoms with van der Waals surface area (Å²) >= 11 is 0. The molecule has 3 fully saturated rings. The number of ether oxygens (including phenoxy) is 8. The molecular weight excluding hydrogens is 1030 g/mol. The number of rotatable bonds is 27. The molecule has 1 saturated carbocycles. The number of carbonyl (C=O) groups excluding carboxylic acids is 12. The number of imide groups is 2. The van der Waals surface area contributed by atoms with Gasteiger partial charge in [0.25, 0.3) is 0 Å². The molecule has 7 rings (SSSR count). The summed E-state index contributed by atoms with van der Waals surface area (Å²) in [5, 5.41) is 2.50. The van der Waals surface area contributed by atoms with Crippen LogP contribution in [0.3, 0.4) is 0 Å². The Morgan fingerprint density at radius 3 is 1.19 bits per heavy atom. The third-order valence-corrected chi connectivity index (χ3v) is 13.4. The van der Waals surface area contributed by atoms with E-state index in [0.29, 0.717) is 16.7 Å². The number of Topliss-reactive ketones (excluding diaryl/α,β-unsaturated/α-hetero) is 1. The molecule has 6 unspecified atom stereocenters. The molecule has 0 radical (unpaired) electrons. The van der Waals surface area contributed by atoms with Crippen LogP contribution in [0, 0.1) is 49.4 Å². The first-order valence-electron chi connectivity index (χ1n) is 24.1. The van der Waals surface area contributed by atoms with Crippen molar-refractivity contribution < 1.29 is 95.4 Å². The number of carbonyl (C=O) groups is 12. The standard InChI is InChI=1S/C56H55N3O20/c1-9-40(61)72-25-55(26-73-41(62)10-2,27-74-42(63)11-3)78-24-36(60)23-33-15-16-34(21-31(33)7)58-50(67)46-37-18-19-38(47(46)51(58)68)49-48(37)52(69)59(53(49)70)35-17-20-39(32(8)22-35)57-54(71)79-56(28-75-43(64)12-4,29-76-44(65)13-5)30-77-45(66)14-6/h9-22,37-38,46-49H,1-6,23-30H2,7-8H3,(H,57,71). The van der Waals surface area contributed by atoms with Crippen molar-refractivity contribution in [2.75, 3.05) is 61.4 Å². The molecule has 2 aromatic rings. The van der Waals surface area contributed by atoms with E-state index in [1.165, 1.54) is 24.3 Å². The molecule has 23 heteroatoms. The van der Waals surface area contributed by atoms with Gasteiger partial charge in [-0.25, -0.2) is 33.6 Å². The number of esters is 6. The lowest BCUT2D eigenvalue weighted by Crippen LogP contribution is -2.50. The van der Waals surface area contributed by atoms with Gasteiger partial charge in [-0.15, -0.1) is 0 Å². The number of amides is 5. The van der Waals surface area contributed by atoms with Crippen LogP contribution in [-0.4, -0.2) is 129 Å². The van der Waals surface area contributed by atoms with Gasteiger partial charge in [-0.2, -0.15) is 0 Å². The van der Waals surface area contributed by atoms with Crippen LogP contribution >= 0.6 is 0 Å². The highest BCUT2D eigenvalue weighted by Gasteiger charge is 2.69. The van der Waals surface area contributed by atoms with Crippen molar-refractivity contribution in [3.8, 4) is 0 Å². The fraction of sp³-hybridized carbons (Fsp3) is 0.321. The van der Waals surface area contributed by atoms with Crippen molar-refractivity contribution in [2.45, 2.75) is 31.5 Å². The summed E-state index contributed by atoms with van der Waals surface area (Å²) in [6.45, 7) is 18.2. The van der Waals surface area contributed by atoms with Crippen molar-refractivity contribution in [3.63, 3.8) is 0 Å². The molecule has 2 heterocycles. The maximum absolute atomic E-state index is 14.4. The average molecular weight is 1090 g/mol. The molecule has 0 spiro atoms. The topological polar surface area (TPSA) is 297 Å². The van der Waals surface area contributed by atoms with Crippen molar-refractivity contribution in [1.29, 1.82) is 0 Å². The fourth-order valence-corrected chi connectivity index (χ4v) is 9.54. The van der Waals surface area contributed by atoms with Gasteiger partial charge in [-0.1, -0.05) is 57.7 Å². The Bertz CT molecular complexity index is 2820. The fourth-order valence-electron chi connectivity index (χ4n) is 9.54. The largest absolute Gasteiger partial charge is 0.459 e. The van der Waals surface area contributed by atoms with Crippen LogP contribution in [0.5, 0.6) is 0 Å². The van der Waals surface area contributed by atoms with Crippen LogP contribution in [0.1, 0.15) is 16.7 Å². The average Bonchev–Trinajstić information content (AvgIpc) is 2.94. The third kappa shape index (κ3) is 13.1. The van der Waals surface area contributed by atoms with Gasteiger partial charge in [-0.05, 0) is 60.9 Å². The second-order valence-corrected chi connectivity index (χ2v) is 18.5. The highest BCUT2D eigenvalue weighted by molar-refractivity contribution is 6.26. The second-order valence-electron chi connectivity index (χ2n) is 18.5. The van der Waals surface area contributed by atoms with E-state index in [4.69, 9.17) is 37.9 Å². The van der Waals surface area contributed by atoms with Crippen LogP contribution in [0.4, 0.5) is 21.9 Å². The highest BCUT2D eigenvalue weighted by atomic mass is 16.6. The molecule has 3 aliphatic carbocycles. The first-order chi connectivity index (χ1) is 37.6. The lowest BCUT2D eigenvalue weighted by atomic mass is 9.54. The molecule has 5 amide bonds. The summed E-state index contributed by atoms with van der Waals surface area (Å²) in [6, 6.07) is 8.80. The monoisotopic (exact) mass is 1090 g/mol. The van der Waals surface area contributed by atoms with E-state index >= 15 is 0 Å². The van der Waals surface area contributed by atoms with Crippen LogP contribution in [0.15, 0.2) is 124 Å².